The Morgan fingerprint density at radius 1 is 1.24 bits per heavy atom. The van der Waals surface area contributed by atoms with Crippen molar-refractivity contribution in [1.29, 1.82) is 0 Å². The number of ether oxygens (including phenoxy) is 1. The first-order chi connectivity index (χ1) is 15.8. The fraction of sp³-hybridized carbons (Fsp3) is 0.269. The molecule has 2 heterocycles. The summed E-state index contributed by atoms with van der Waals surface area (Å²) in [4.78, 5) is 31.7. The summed E-state index contributed by atoms with van der Waals surface area (Å²) in [5.41, 5.74) is 3.59. The van der Waals surface area contributed by atoms with Gasteiger partial charge >= 0.3 is 5.97 Å². The largest absolute Gasteiger partial charge is 0.463 e. The highest BCUT2D eigenvalue weighted by atomic mass is 35.5. The molecule has 5 nitrogen and oxygen atoms in total. The van der Waals surface area contributed by atoms with Gasteiger partial charge in [0.1, 0.15) is 0 Å². The predicted molar refractivity (Wildman–Crippen MR) is 132 cm³/mol. The summed E-state index contributed by atoms with van der Waals surface area (Å²) in [5.74, 6) is -0.0821. The molecule has 0 saturated heterocycles. The first kappa shape index (κ1) is 23.2. The average Bonchev–Trinajstić information content (AvgIpc) is 3.07. The van der Waals surface area contributed by atoms with Gasteiger partial charge in [0.25, 0.3) is 5.56 Å². The maximum Gasteiger partial charge on any atom is 0.338 e. The Kier molecular flexibility index (Phi) is 6.68. The van der Waals surface area contributed by atoms with E-state index >= 15 is 0 Å². The molecule has 1 aliphatic heterocycles. The molecule has 0 saturated carbocycles. The van der Waals surface area contributed by atoms with E-state index in [1.54, 1.807) is 36.6 Å². The van der Waals surface area contributed by atoms with E-state index in [9.17, 15) is 9.59 Å². The van der Waals surface area contributed by atoms with Crippen molar-refractivity contribution in [2.45, 2.75) is 39.7 Å². The standard InChI is InChI=1S/C26H25ClN2O3S/c1-5-32-25(31)22-16(4)28-26-29(23(22)19-11-9-18(10-12-19)15(2)3)24(30)21(33-26)14-17-7-6-8-20(27)13-17/h6-15,23H,5H2,1-4H3/b21-14-. The number of nitrogens with zero attached hydrogens (tertiary/aromatic N) is 2. The van der Waals surface area contributed by atoms with Gasteiger partial charge in [0.15, 0.2) is 4.80 Å². The average molecular weight is 481 g/mol. The Morgan fingerprint density at radius 2 is 1.97 bits per heavy atom. The van der Waals surface area contributed by atoms with Crippen molar-refractivity contribution in [2.75, 3.05) is 6.61 Å². The number of carbonyl (C=O) groups is 1. The van der Waals surface area contributed by atoms with Crippen LogP contribution in [0.15, 0.2) is 69.6 Å². The van der Waals surface area contributed by atoms with Gasteiger partial charge in [0.05, 0.1) is 28.5 Å². The lowest BCUT2D eigenvalue weighted by Gasteiger charge is -2.25. The fourth-order valence-electron chi connectivity index (χ4n) is 3.92. The van der Waals surface area contributed by atoms with E-state index in [4.69, 9.17) is 16.3 Å². The molecule has 0 aliphatic carbocycles. The number of aromatic nitrogens is 1. The predicted octanol–water partition coefficient (Wildman–Crippen LogP) is 4.58. The molecular weight excluding hydrogens is 456 g/mol. The topological polar surface area (TPSA) is 60.7 Å². The van der Waals surface area contributed by atoms with Crippen LogP contribution in [0.3, 0.4) is 0 Å². The van der Waals surface area contributed by atoms with Crippen LogP contribution < -0.4 is 14.9 Å². The van der Waals surface area contributed by atoms with E-state index in [0.29, 0.717) is 31.5 Å². The van der Waals surface area contributed by atoms with Crippen molar-refractivity contribution >= 4 is 35.0 Å². The van der Waals surface area contributed by atoms with Gasteiger partial charge in [-0.3, -0.25) is 9.36 Å². The second-order valence-corrected chi connectivity index (χ2v) is 9.62. The molecule has 0 bridgehead atoms. The third-order valence-corrected chi connectivity index (χ3v) is 6.80. The quantitative estimate of drug-likeness (QED) is 0.502. The van der Waals surface area contributed by atoms with E-state index in [1.807, 2.05) is 36.4 Å². The Balaban J connectivity index is 1.94. The van der Waals surface area contributed by atoms with Gasteiger partial charge in [-0.25, -0.2) is 9.79 Å². The third kappa shape index (κ3) is 4.59. The highest BCUT2D eigenvalue weighted by Crippen LogP contribution is 2.31. The molecule has 0 fully saturated rings. The van der Waals surface area contributed by atoms with Crippen molar-refractivity contribution < 1.29 is 9.53 Å². The van der Waals surface area contributed by atoms with E-state index in [1.165, 1.54) is 16.9 Å². The van der Waals surface area contributed by atoms with Crippen LogP contribution in [0, 0.1) is 0 Å². The highest BCUT2D eigenvalue weighted by molar-refractivity contribution is 7.07. The molecule has 1 unspecified atom stereocenters. The van der Waals surface area contributed by atoms with Crippen LogP contribution in [0.25, 0.3) is 6.08 Å². The lowest BCUT2D eigenvalue weighted by molar-refractivity contribution is -0.139. The molecular formula is C26H25ClN2O3S. The molecule has 1 aliphatic rings. The Hall–Kier alpha value is -2.96. The molecule has 0 spiro atoms. The van der Waals surface area contributed by atoms with E-state index in [-0.39, 0.29) is 12.2 Å². The fourth-order valence-corrected chi connectivity index (χ4v) is 5.16. The van der Waals surface area contributed by atoms with Gasteiger partial charge in [-0.15, -0.1) is 0 Å². The van der Waals surface area contributed by atoms with Gasteiger partial charge in [-0.2, -0.15) is 0 Å². The summed E-state index contributed by atoms with van der Waals surface area (Å²) in [7, 11) is 0. The maximum atomic E-state index is 13.6. The van der Waals surface area contributed by atoms with Crippen LogP contribution >= 0.6 is 22.9 Å². The molecule has 0 radical (unpaired) electrons. The highest BCUT2D eigenvalue weighted by Gasteiger charge is 2.33. The summed E-state index contributed by atoms with van der Waals surface area (Å²) < 4.78 is 7.47. The molecule has 0 N–H and O–H groups in total. The molecule has 170 valence electrons. The lowest BCUT2D eigenvalue weighted by atomic mass is 9.93. The summed E-state index contributed by atoms with van der Waals surface area (Å²) in [6, 6.07) is 14.8. The Labute approximate surface area is 201 Å². The molecule has 33 heavy (non-hydrogen) atoms. The third-order valence-electron chi connectivity index (χ3n) is 5.58. The monoisotopic (exact) mass is 480 g/mol. The minimum Gasteiger partial charge on any atom is -0.463 e. The molecule has 3 aromatic rings. The van der Waals surface area contributed by atoms with Gasteiger partial charge < -0.3 is 4.74 Å². The maximum absolute atomic E-state index is 13.6. The van der Waals surface area contributed by atoms with Gasteiger partial charge in [-0.1, -0.05) is 73.2 Å². The number of carbonyl (C=O) groups excluding carboxylic acids is 1. The van der Waals surface area contributed by atoms with Crippen LogP contribution in [0.4, 0.5) is 0 Å². The normalized spacial score (nSPS) is 16.1. The van der Waals surface area contributed by atoms with E-state index < -0.39 is 12.0 Å². The number of thiazole rings is 1. The number of halogens is 1. The Bertz CT molecular complexity index is 1410. The summed E-state index contributed by atoms with van der Waals surface area (Å²) >= 11 is 7.42. The first-order valence-electron chi connectivity index (χ1n) is 10.8. The van der Waals surface area contributed by atoms with E-state index in [2.05, 4.69) is 18.8 Å². The van der Waals surface area contributed by atoms with Crippen molar-refractivity contribution in [3.63, 3.8) is 0 Å². The summed E-state index contributed by atoms with van der Waals surface area (Å²) in [6.07, 6.45) is 1.80. The molecule has 4 rings (SSSR count). The lowest BCUT2D eigenvalue weighted by Crippen LogP contribution is -2.39. The van der Waals surface area contributed by atoms with Crippen molar-refractivity contribution in [1.82, 2.24) is 4.57 Å². The van der Waals surface area contributed by atoms with Crippen molar-refractivity contribution in [2.24, 2.45) is 4.99 Å². The number of hydrogen-bond donors (Lipinski definition) is 0. The van der Waals surface area contributed by atoms with Crippen LogP contribution in [0.2, 0.25) is 5.02 Å². The number of allylic oxidation sites excluding steroid dienone is 1. The zero-order valence-corrected chi connectivity index (χ0v) is 20.5. The summed E-state index contributed by atoms with van der Waals surface area (Å²) in [5, 5.41) is 0.597. The second kappa shape index (κ2) is 9.49. The first-order valence-corrected chi connectivity index (χ1v) is 12.0. The number of fused-ring (bicyclic) bond motifs is 1. The number of hydrogen-bond acceptors (Lipinski definition) is 5. The molecule has 1 aromatic heterocycles. The van der Waals surface area contributed by atoms with Crippen LogP contribution in [0.1, 0.15) is 56.3 Å². The van der Waals surface area contributed by atoms with Crippen LogP contribution in [0.5, 0.6) is 0 Å². The van der Waals surface area contributed by atoms with Gasteiger partial charge in [0.2, 0.25) is 0 Å². The Morgan fingerprint density at radius 3 is 2.61 bits per heavy atom. The molecule has 0 amide bonds. The number of esters is 1. The van der Waals surface area contributed by atoms with Crippen molar-refractivity contribution in [3.05, 3.63) is 101 Å². The number of benzene rings is 2. The van der Waals surface area contributed by atoms with Crippen molar-refractivity contribution in [3.8, 4) is 0 Å². The van der Waals surface area contributed by atoms with Crippen LogP contribution in [-0.2, 0) is 9.53 Å². The smallest absolute Gasteiger partial charge is 0.338 e. The SMILES string of the molecule is CCOC(=O)C1=C(C)N=c2s/c(=C\c3cccc(Cl)c3)c(=O)n2C1c1ccc(C(C)C)cc1. The van der Waals surface area contributed by atoms with Gasteiger partial charge in [-0.05, 0) is 54.7 Å². The number of rotatable bonds is 5. The minimum absolute atomic E-state index is 0.203. The minimum atomic E-state index is -0.608. The van der Waals surface area contributed by atoms with E-state index in [0.717, 1.165) is 11.1 Å². The zero-order valence-electron chi connectivity index (χ0n) is 19.0. The molecule has 2 aromatic carbocycles. The molecule has 1 atom stereocenters. The zero-order chi connectivity index (χ0) is 23.7. The summed E-state index contributed by atoms with van der Waals surface area (Å²) in [6.45, 7) is 8.05. The van der Waals surface area contributed by atoms with Crippen LogP contribution in [-0.4, -0.2) is 17.1 Å². The second-order valence-electron chi connectivity index (χ2n) is 8.18. The van der Waals surface area contributed by atoms with Gasteiger partial charge in [0, 0.05) is 5.02 Å². The molecule has 7 heteroatoms.